The lowest BCUT2D eigenvalue weighted by Gasteiger charge is -2.14. The predicted octanol–water partition coefficient (Wildman–Crippen LogP) is 3.84. The summed E-state index contributed by atoms with van der Waals surface area (Å²) in [5.74, 6) is 0. The lowest BCUT2D eigenvalue weighted by molar-refractivity contribution is -0.137. The number of hydrogen-bond acceptors (Lipinski definition) is 2. The van der Waals surface area contributed by atoms with Crippen molar-refractivity contribution in [2.24, 2.45) is 4.99 Å². The van der Waals surface area contributed by atoms with Crippen molar-refractivity contribution in [3.05, 3.63) is 58.7 Å². The average Bonchev–Trinajstić information content (AvgIpc) is 2.94. The number of aliphatic imine (C=N–C) groups is 1. The molecular formula is C17H14F3NO. The lowest BCUT2D eigenvalue weighted by Crippen LogP contribution is -2.07. The summed E-state index contributed by atoms with van der Waals surface area (Å²) in [6, 6.07) is 9.58. The third kappa shape index (κ3) is 2.76. The van der Waals surface area contributed by atoms with Gasteiger partial charge in [0.15, 0.2) is 0 Å². The van der Waals surface area contributed by atoms with E-state index in [1.165, 1.54) is 12.1 Å². The molecule has 2 aromatic carbocycles. The number of rotatable bonds is 3. The van der Waals surface area contributed by atoms with Crippen LogP contribution in [0.25, 0.3) is 11.1 Å². The highest BCUT2D eigenvalue weighted by atomic mass is 19.4. The molecule has 1 aliphatic heterocycles. The van der Waals surface area contributed by atoms with Crippen LogP contribution in [0.4, 0.5) is 13.2 Å². The first kappa shape index (κ1) is 14.8. The zero-order valence-corrected chi connectivity index (χ0v) is 11.7. The van der Waals surface area contributed by atoms with E-state index in [4.69, 9.17) is 5.11 Å². The number of benzene rings is 2. The molecule has 0 bridgehead atoms. The average molecular weight is 305 g/mol. The summed E-state index contributed by atoms with van der Waals surface area (Å²) in [7, 11) is 0. The van der Waals surface area contributed by atoms with Crippen molar-refractivity contribution < 1.29 is 18.3 Å². The van der Waals surface area contributed by atoms with Crippen LogP contribution in [0, 0.1) is 0 Å². The van der Waals surface area contributed by atoms with Crippen LogP contribution in [0.15, 0.2) is 41.4 Å². The molecule has 1 aliphatic rings. The van der Waals surface area contributed by atoms with Gasteiger partial charge in [0.1, 0.15) is 0 Å². The first-order valence-electron chi connectivity index (χ1n) is 6.93. The highest BCUT2D eigenvalue weighted by molar-refractivity contribution is 5.94. The van der Waals surface area contributed by atoms with Crippen LogP contribution >= 0.6 is 0 Å². The second-order valence-electron chi connectivity index (χ2n) is 5.24. The summed E-state index contributed by atoms with van der Waals surface area (Å²) in [6.45, 7) is 0.286. The van der Waals surface area contributed by atoms with Crippen LogP contribution < -0.4 is 0 Å². The van der Waals surface area contributed by atoms with Crippen LogP contribution in [-0.2, 0) is 19.1 Å². The quantitative estimate of drug-likeness (QED) is 0.918. The molecule has 5 heteroatoms. The Hall–Kier alpha value is -2.14. The van der Waals surface area contributed by atoms with Crippen molar-refractivity contribution in [2.45, 2.75) is 19.1 Å². The molecule has 1 heterocycles. The summed E-state index contributed by atoms with van der Waals surface area (Å²) >= 11 is 0. The van der Waals surface area contributed by atoms with E-state index < -0.39 is 11.7 Å². The normalized spacial score (nSPS) is 13.5. The van der Waals surface area contributed by atoms with E-state index in [0.29, 0.717) is 23.1 Å². The second kappa shape index (κ2) is 5.57. The Balaban J connectivity index is 2.15. The van der Waals surface area contributed by atoms with E-state index in [9.17, 15) is 13.2 Å². The summed E-state index contributed by atoms with van der Waals surface area (Å²) in [6.07, 6.45) is -2.28. The minimum atomic E-state index is -4.38. The zero-order chi connectivity index (χ0) is 15.7. The van der Waals surface area contributed by atoms with Crippen LogP contribution in [0.1, 0.15) is 22.3 Å². The van der Waals surface area contributed by atoms with E-state index >= 15 is 0 Å². The number of alkyl halides is 3. The number of halogens is 3. The fraction of sp³-hybridized carbons (Fsp3) is 0.235. The second-order valence-corrected chi connectivity index (χ2v) is 5.24. The lowest BCUT2D eigenvalue weighted by atomic mass is 9.93. The van der Waals surface area contributed by atoms with E-state index in [1.807, 2.05) is 12.1 Å². The molecule has 2 nitrogen and oxygen atoms in total. The van der Waals surface area contributed by atoms with E-state index in [1.54, 1.807) is 18.3 Å². The molecule has 22 heavy (non-hydrogen) atoms. The molecule has 0 atom stereocenters. The summed E-state index contributed by atoms with van der Waals surface area (Å²) in [5.41, 5.74) is 2.82. The molecule has 114 valence electrons. The minimum Gasteiger partial charge on any atom is -0.396 e. The van der Waals surface area contributed by atoms with E-state index in [2.05, 4.69) is 4.99 Å². The highest BCUT2D eigenvalue weighted by Crippen LogP contribution is 2.37. The maximum atomic E-state index is 13.1. The van der Waals surface area contributed by atoms with Crippen LogP contribution in [0.2, 0.25) is 0 Å². The maximum absolute atomic E-state index is 13.1. The van der Waals surface area contributed by atoms with Gasteiger partial charge in [0.05, 0.1) is 12.1 Å². The summed E-state index contributed by atoms with van der Waals surface area (Å²) < 4.78 is 39.2. The highest BCUT2D eigenvalue weighted by Gasteiger charge is 2.32. The Morgan fingerprint density at radius 1 is 1.14 bits per heavy atom. The molecule has 2 aromatic rings. The molecule has 0 fully saturated rings. The number of nitrogens with zero attached hydrogens (tertiary/aromatic N) is 1. The van der Waals surface area contributed by atoms with Gasteiger partial charge < -0.3 is 5.11 Å². The fourth-order valence-electron chi connectivity index (χ4n) is 2.66. The van der Waals surface area contributed by atoms with Gasteiger partial charge in [0, 0.05) is 18.4 Å². The van der Waals surface area contributed by atoms with Crippen LogP contribution in [0.3, 0.4) is 0 Å². The number of fused-ring (bicyclic) bond motifs is 1. The molecule has 0 spiro atoms. The van der Waals surface area contributed by atoms with Gasteiger partial charge in [-0.05, 0) is 40.8 Å². The van der Waals surface area contributed by atoms with Crippen molar-refractivity contribution in [3.63, 3.8) is 0 Å². The first-order valence-corrected chi connectivity index (χ1v) is 6.93. The molecule has 0 radical (unpaired) electrons. The van der Waals surface area contributed by atoms with Gasteiger partial charge in [0.2, 0.25) is 0 Å². The zero-order valence-electron chi connectivity index (χ0n) is 11.7. The van der Waals surface area contributed by atoms with Crippen LogP contribution in [-0.4, -0.2) is 17.9 Å². The van der Waals surface area contributed by atoms with E-state index in [-0.39, 0.29) is 13.2 Å². The molecule has 3 rings (SSSR count). The molecule has 0 aromatic heterocycles. The maximum Gasteiger partial charge on any atom is 0.416 e. The molecule has 0 saturated carbocycles. The Kier molecular flexibility index (Phi) is 3.74. The van der Waals surface area contributed by atoms with Gasteiger partial charge in [-0.25, -0.2) is 0 Å². The van der Waals surface area contributed by atoms with Crippen molar-refractivity contribution in [3.8, 4) is 11.1 Å². The number of aliphatic hydroxyl groups is 1. The molecule has 0 aliphatic carbocycles. The van der Waals surface area contributed by atoms with Gasteiger partial charge in [-0.2, -0.15) is 13.2 Å². The topological polar surface area (TPSA) is 32.6 Å². The predicted molar refractivity (Wildman–Crippen MR) is 79.0 cm³/mol. The Bertz CT molecular complexity index is 735. The van der Waals surface area contributed by atoms with Crippen LogP contribution in [0.5, 0.6) is 0 Å². The van der Waals surface area contributed by atoms with Gasteiger partial charge >= 0.3 is 6.18 Å². The van der Waals surface area contributed by atoms with E-state index in [0.717, 1.165) is 11.1 Å². The van der Waals surface area contributed by atoms with Gasteiger partial charge in [-0.3, -0.25) is 4.99 Å². The first-order chi connectivity index (χ1) is 10.5. The monoisotopic (exact) mass is 305 g/mol. The standard InChI is InChI=1S/C17H14F3NO/c18-17(19,20)14-7-13-9-21-10-16(13)15(8-14)12-3-1-2-11(6-12)4-5-22/h1-3,6-8,10,22H,4-5,9H2. The minimum absolute atomic E-state index is 0.00557. The Morgan fingerprint density at radius 2 is 1.95 bits per heavy atom. The van der Waals surface area contributed by atoms with Gasteiger partial charge in [0.25, 0.3) is 0 Å². The number of aliphatic hydroxyl groups excluding tert-OH is 1. The van der Waals surface area contributed by atoms with Crippen molar-refractivity contribution >= 4 is 6.21 Å². The van der Waals surface area contributed by atoms with Crippen molar-refractivity contribution in [1.29, 1.82) is 0 Å². The van der Waals surface area contributed by atoms with Gasteiger partial charge in [-0.15, -0.1) is 0 Å². The Morgan fingerprint density at radius 3 is 2.68 bits per heavy atom. The third-order valence-electron chi connectivity index (χ3n) is 3.71. The van der Waals surface area contributed by atoms with Crippen molar-refractivity contribution in [1.82, 2.24) is 0 Å². The SMILES string of the molecule is OCCc1cccc(-c2cc(C(F)(F)F)cc3c2C=NC3)c1. The Labute approximate surface area is 125 Å². The molecular weight excluding hydrogens is 291 g/mol. The molecule has 1 N–H and O–H groups in total. The van der Waals surface area contributed by atoms with Gasteiger partial charge in [-0.1, -0.05) is 24.3 Å². The smallest absolute Gasteiger partial charge is 0.396 e. The third-order valence-corrected chi connectivity index (χ3v) is 3.71. The number of hydrogen-bond donors (Lipinski definition) is 1. The summed E-state index contributed by atoms with van der Waals surface area (Å²) in [5, 5.41) is 9.02. The molecule has 0 saturated heterocycles. The molecule has 0 unspecified atom stereocenters. The largest absolute Gasteiger partial charge is 0.416 e. The van der Waals surface area contributed by atoms with Crippen molar-refractivity contribution in [2.75, 3.05) is 6.61 Å². The fourth-order valence-corrected chi connectivity index (χ4v) is 2.66. The molecule has 0 amide bonds. The summed E-state index contributed by atoms with van der Waals surface area (Å²) in [4.78, 5) is 4.09.